The fourth-order valence-electron chi connectivity index (χ4n) is 2.78. The molecule has 0 bridgehead atoms. The van der Waals surface area contributed by atoms with Crippen LogP contribution in [0.25, 0.3) is 0 Å². The monoisotopic (exact) mass is 463 g/mol. The zero-order valence-electron chi connectivity index (χ0n) is 15.6. The lowest BCUT2D eigenvalue weighted by atomic mass is 10.1. The fraction of sp³-hybridized carbons (Fsp3) is 0.182. The van der Waals surface area contributed by atoms with Gasteiger partial charge in [0, 0.05) is 22.8 Å². The molecule has 0 heterocycles. The van der Waals surface area contributed by atoms with Crippen LogP contribution in [0.5, 0.6) is 11.5 Å². The molecule has 0 aliphatic rings. The van der Waals surface area contributed by atoms with Crippen molar-refractivity contribution in [1.29, 1.82) is 0 Å². The second-order valence-electron chi connectivity index (χ2n) is 6.26. The van der Waals surface area contributed by atoms with Gasteiger partial charge < -0.3 is 14.8 Å². The van der Waals surface area contributed by atoms with E-state index in [9.17, 15) is 4.39 Å². The highest BCUT2D eigenvalue weighted by Gasteiger charge is 2.13. The Labute approximate surface area is 177 Å². The first kappa shape index (κ1) is 20.5. The highest BCUT2D eigenvalue weighted by molar-refractivity contribution is 9.10. The van der Waals surface area contributed by atoms with Gasteiger partial charge in [-0.1, -0.05) is 35.9 Å². The summed E-state index contributed by atoms with van der Waals surface area (Å²) in [5.74, 6) is 0.814. The average Bonchev–Trinajstić information content (AvgIpc) is 2.69. The van der Waals surface area contributed by atoms with E-state index in [0.717, 1.165) is 26.3 Å². The van der Waals surface area contributed by atoms with E-state index in [-0.39, 0.29) is 12.4 Å². The van der Waals surface area contributed by atoms with E-state index in [0.29, 0.717) is 23.6 Å². The van der Waals surface area contributed by atoms with Crippen LogP contribution in [-0.4, -0.2) is 7.11 Å². The van der Waals surface area contributed by atoms with Crippen LogP contribution in [0.2, 0.25) is 5.02 Å². The van der Waals surface area contributed by atoms with Gasteiger partial charge in [0.05, 0.1) is 11.6 Å². The van der Waals surface area contributed by atoms with Crippen molar-refractivity contribution in [3.8, 4) is 11.5 Å². The average molecular weight is 465 g/mol. The van der Waals surface area contributed by atoms with Crippen LogP contribution in [0.15, 0.2) is 59.1 Å². The third kappa shape index (κ3) is 4.78. The van der Waals surface area contributed by atoms with Crippen LogP contribution >= 0.6 is 27.5 Å². The lowest BCUT2D eigenvalue weighted by Crippen LogP contribution is -2.04. The Balaban J connectivity index is 1.75. The highest BCUT2D eigenvalue weighted by Crippen LogP contribution is 2.37. The van der Waals surface area contributed by atoms with Gasteiger partial charge in [-0.3, -0.25) is 0 Å². The first-order valence-electron chi connectivity index (χ1n) is 8.71. The molecule has 3 aromatic rings. The van der Waals surface area contributed by atoms with Gasteiger partial charge in [0.2, 0.25) is 0 Å². The molecule has 3 aromatic carbocycles. The number of halogens is 3. The van der Waals surface area contributed by atoms with Crippen molar-refractivity contribution in [3.05, 3.63) is 86.6 Å². The summed E-state index contributed by atoms with van der Waals surface area (Å²) in [7, 11) is 1.58. The van der Waals surface area contributed by atoms with E-state index >= 15 is 0 Å². The van der Waals surface area contributed by atoms with Crippen molar-refractivity contribution >= 4 is 33.2 Å². The molecule has 0 spiro atoms. The summed E-state index contributed by atoms with van der Waals surface area (Å²) >= 11 is 9.71. The van der Waals surface area contributed by atoms with Crippen molar-refractivity contribution in [1.82, 2.24) is 0 Å². The molecular weight excluding hydrogens is 445 g/mol. The number of rotatable bonds is 7. The Kier molecular flexibility index (Phi) is 6.81. The minimum atomic E-state index is -0.296. The molecule has 1 N–H and O–H groups in total. The summed E-state index contributed by atoms with van der Waals surface area (Å²) in [6.45, 7) is 2.67. The smallest absolute Gasteiger partial charge is 0.175 e. The quantitative estimate of drug-likeness (QED) is 0.419. The third-order valence-corrected chi connectivity index (χ3v) is 5.37. The molecule has 0 aliphatic heterocycles. The van der Waals surface area contributed by atoms with Crippen LogP contribution in [0.4, 0.5) is 10.1 Å². The van der Waals surface area contributed by atoms with Gasteiger partial charge in [0.25, 0.3) is 0 Å². The van der Waals surface area contributed by atoms with Gasteiger partial charge in [0.1, 0.15) is 12.4 Å². The first-order valence-corrected chi connectivity index (χ1v) is 9.88. The van der Waals surface area contributed by atoms with Gasteiger partial charge in [-0.2, -0.15) is 0 Å². The molecule has 146 valence electrons. The topological polar surface area (TPSA) is 30.5 Å². The first-order chi connectivity index (χ1) is 13.5. The van der Waals surface area contributed by atoms with E-state index in [1.807, 2.05) is 37.3 Å². The fourth-order valence-corrected chi connectivity index (χ4v) is 3.56. The van der Waals surface area contributed by atoms with Crippen molar-refractivity contribution in [2.75, 3.05) is 12.4 Å². The van der Waals surface area contributed by atoms with Crippen LogP contribution in [0.1, 0.15) is 16.7 Å². The second kappa shape index (κ2) is 9.30. The van der Waals surface area contributed by atoms with E-state index < -0.39 is 0 Å². The van der Waals surface area contributed by atoms with Gasteiger partial charge in [-0.25, -0.2) is 4.39 Å². The van der Waals surface area contributed by atoms with Crippen LogP contribution in [0, 0.1) is 12.7 Å². The summed E-state index contributed by atoms with van der Waals surface area (Å²) in [6.07, 6.45) is 0. The van der Waals surface area contributed by atoms with Crippen LogP contribution in [-0.2, 0) is 13.2 Å². The summed E-state index contributed by atoms with van der Waals surface area (Å²) in [4.78, 5) is 0. The van der Waals surface area contributed by atoms with Gasteiger partial charge in [-0.05, 0) is 64.3 Å². The van der Waals surface area contributed by atoms with Gasteiger partial charge >= 0.3 is 0 Å². The summed E-state index contributed by atoms with van der Waals surface area (Å²) in [5.41, 5.74) is 3.46. The Morgan fingerprint density at radius 2 is 1.89 bits per heavy atom. The molecule has 0 unspecified atom stereocenters. The number of benzene rings is 3. The molecule has 3 rings (SSSR count). The molecule has 0 amide bonds. The zero-order chi connectivity index (χ0) is 20.1. The minimum Gasteiger partial charge on any atom is -0.493 e. The van der Waals surface area contributed by atoms with Crippen molar-refractivity contribution in [2.24, 2.45) is 0 Å². The van der Waals surface area contributed by atoms with Gasteiger partial charge in [0.15, 0.2) is 11.5 Å². The van der Waals surface area contributed by atoms with E-state index in [1.165, 1.54) is 6.07 Å². The maximum Gasteiger partial charge on any atom is 0.175 e. The molecule has 0 aromatic heterocycles. The van der Waals surface area contributed by atoms with E-state index in [4.69, 9.17) is 21.1 Å². The Bertz CT molecular complexity index is 981. The minimum absolute atomic E-state index is 0.112. The Morgan fingerprint density at radius 3 is 2.64 bits per heavy atom. The molecule has 0 fully saturated rings. The summed E-state index contributed by atoms with van der Waals surface area (Å²) in [6, 6.07) is 16.1. The SMILES string of the molecule is COc1cc(CNc2cccc(Cl)c2C)cc(Br)c1OCc1ccccc1F. The lowest BCUT2D eigenvalue weighted by Gasteiger charge is -2.16. The van der Waals surface area contributed by atoms with E-state index in [2.05, 4.69) is 21.2 Å². The van der Waals surface area contributed by atoms with E-state index in [1.54, 1.807) is 25.3 Å². The predicted octanol–water partition coefficient (Wildman–Crippen LogP) is 6.75. The lowest BCUT2D eigenvalue weighted by molar-refractivity contribution is 0.277. The Morgan fingerprint density at radius 1 is 1.11 bits per heavy atom. The standard InChI is InChI=1S/C22H20BrClFNO2/c1-14-18(24)7-5-9-20(14)26-12-15-10-17(23)22(21(11-15)27-2)28-13-16-6-3-4-8-19(16)25/h3-11,26H,12-13H2,1-2H3. The second-order valence-corrected chi connectivity index (χ2v) is 7.52. The molecule has 0 atom stereocenters. The number of ether oxygens (including phenoxy) is 2. The van der Waals surface area contributed by atoms with Crippen LogP contribution in [0.3, 0.4) is 0 Å². The molecule has 3 nitrogen and oxygen atoms in total. The van der Waals surface area contributed by atoms with Crippen molar-refractivity contribution in [3.63, 3.8) is 0 Å². The maximum atomic E-state index is 13.8. The molecule has 0 saturated heterocycles. The molecule has 0 radical (unpaired) electrons. The maximum absolute atomic E-state index is 13.8. The highest BCUT2D eigenvalue weighted by atomic mass is 79.9. The number of methoxy groups -OCH3 is 1. The normalized spacial score (nSPS) is 10.6. The molecular formula is C22H20BrClFNO2. The number of nitrogens with one attached hydrogen (secondary N) is 1. The summed E-state index contributed by atoms with van der Waals surface area (Å²) in [5, 5.41) is 4.10. The molecule has 28 heavy (non-hydrogen) atoms. The Hall–Kier alpha value is -2.24. The predicted molar refractivity (Wildman–Crippen MR) is 115 cm³/mol. The third-order valence-electron chi connectivity index (χ3n) is 4.37. The summed E-state index contributed by atoms with van der Waals surface area (Å²) < 4.78 is 25.9. The largest absolute Gasteiger partial charge is 0.493 e. The van der Waals surface area contributed by atoms with Gasteiger partial charge in [-0.15, -0.1) is 0 Å². The van der Waals surface area contributed by atoms with Crippen molar-refractivity contribution in [2.45, 2.75) is 20.1 Å². The molecule has 0 aliphatic carbocycles. The van der Waals surface area contributed by atoms with Crippen molar-refractivity contribution < 1.29 is 13.9 Å². The molecule has 6 heteroatoms. The van der Waals surface area contributed by atoms with Crippen LogP contribution < -0.4 is 14.8 Å². The number of hydrogen-bond donors (Lipinski definition) is 1. The number of hydrogen-bond acceptors (Lipinski definition) is 3. The zero-order valence-corrected chi connectivity index (χ0v) is 17.9. The molecule has 0 saturated carbocycles. The number of anilines is 1.